The van der Waals surface area contributed by atoms with Gasteiger partial charge in [-0.3, -0.25) is 4.79 Å². The third-order valence-electron chi connectivity index (χ3n) is 1.73. The van der Waals surface area contributed by atoms with E-state index in [9.17, 15) is 9.59 Å². The van der Waals surface area contributed by atoms with E-state index in [2.05, 4.69) is 0 Å². The van der Waals surface area contributed by atoms with Gasteiger partial charge in [0.15, 0.2) is 5.78 Å². The van der Waals surface area contributed by atoms with Crippen molar-refractivity contribution >= 4 is 11.6 Å². The lowest BCUT2D eigenvalue weighted by Gasteiger charge is -2.04. The van der Waals surface area contributed by atoms with Crippen LogP contribution in [0.4, 0.5) is 0 Å². The summed E-state index contributed by atoms with van der Waals surface area (Å²) in [5, 5.41) is 9.06. The second kappa shape index (κ2) is 5.89. The van der Waals surface area contributed by atoms with Gasteiger partial charge in [-0.15, -0.1) is 0 Å². The zero-order valence-corrected chi connectivity index (χ0v) is 7.67. The predicted octanol–water partition coefficient (Wildman–Crippen LogP) is 1.09. The lowest BCUT2D eigenvalue weighted by molar-refractivity contribution is -0.125. The van der Waals surface area contributed by atoms with E-state index in [1.54, 1.807) is 6.92 Å². The Morgan fingerprint density at radius 3 is 2.25 bits per heavy atom. The van der Waals surface area contributed by atoms with Crippen LogP contribution in [-0.2, 0) is 9.59 Å². The highest BCUT2D eigenvalue weighted by Crippen LogP contribution is 2.04. The highest BCUT2D eigenvalue weighted by atomic mass is 16.3. The summed E-state index contributed by atoms with van der Waals surface area (Å²) in [7, 11) is 0. The molecule has 0 saturated carbocycles. The third-order valence-corrected chi connectivity index (χ3v) is 1.73. The van der Waals surface area contributed by atoms with E-state index in [0.29, 0.717) is 12.8 Å². The van der Waals surface area contributed by atoms with Crippen LogP contribution in [0, 0.1) is 0 Å². The molecule has 0 aromatic carbocycles. The molecule has 12 heavy (non-hydrogen) atoms. The first-order chi connectivity index (χ1) is 5.54. The van der Waals surface area contributed by atoms with Gasteiger partial charge in [-0.05, 0) is 33.1 Å². The van der Waals surface area contributed by atoms with Crippen LogP contribution in [0.15, 0.2) is 0 Å². The van der Waals surface area contributed by atoms with E-state index in [1.165, 1.54) is 6.92 Å². The Hall–Kier alpha value is -0.700. The number of Topliss-reactive ketones (excluding diaryl/α,β-unsaturated/α-hetero) is 2. The molecule has 0 rings (SSSR count). The Bertz CT molecular complexity index is 163. The molecule has 0 fully saturated rings. The number of carbonyl (C=O) groups excluding carboxylic acids is 2. The van der Waals surface area contributed by atoms with Gasteiger partial charge in [0.05, 0.1) is 0 Å². The van der Waals surface area contributed by atoms with E-state index in [1.807, 2.05) is 0 Å². The van der Waals surface area contributed by atoms with Gasteiger partial charge in [0, 0.05) is 6.42 Å². The van der Waals surface area contributed by atoms with Crippen molar-refractivity contribution < 1.29 is 14.7 Å². The Balaban J connectivity index is 3.31. The molecule has 1 atom stereocenters. The highest BCUT2D eigenvalue weighted by molar-refractivity contribution is 5.80. The molecule has 0 heterocycles. The van der Waals surface area contributed by atoms with Gasteiger partial charge in [0.25, 0.3) is 0 Å². The molecule has 70 valence electrons. The van der Waals surface area contributed by atoms with Crippen LogP contribution in [0.2, 0.25) is 0 Å². The minimum absolute atomic E-state index is 0.160. The summed E-state index contributed by atoms with van der Waals surface area (Å²) in [5.74, 6) is -0.0369. The second-order valence-corrected chi connectivity index (χ2v) is 3.07. The zero-order valence-electron chi connectivity index (χ0n) is 7.67. The van der Waals surface area contributed by atoms with Gasteiger partial charge >= 0.3 is 0 Å². The topological polar surface area (TPSA) is 54.4 Å². The molecule has 0 aromatic heterocycles. The average Bonchev–Trinajstić information content (AvgIpc) is 1.97. The van der Waals surface area contributed by atoms with Crippen LogP contribution >= 0.6 is 0 Å². The maximum Gasteiger partial charge on any atom is 0.158 e. The van der Waals surface area contributed by atoms with E-state index >= 15 is 0 Å². The summed E-state index contributed by atoms with van der Waals surface area (Å²) in [6, 6.07) is 0. The molecule has 1 N–H and O–H groups in total. The summed E-state index contributed by atoms with van der Waals surface area (Å²) < 4.78 is 0. The molecule has 0 aromatic rings. The Morgan fingerprint density at radius 1 is 1.25 bits per heavy atom. The Kier molecular flexibility index (Phi) is 5.54. The van der Waals surface area contributed by atoms with Crippen molar-refractivity contribution in [2.45, 2.75) is 45.6 Å². The van der Waals surface area contributed by atoms with Crippen molar-refractivity contribution in [3.05, 3.63) is 0 Å². The molecule has 0 saturated heterocycles. The Labute approximate surface area is 72.8 Å². The minimum atomic E-state index is -0.836. The van der Waals surface area contributed by atoms with Crippen molar-refractivity contribution in [2.75, 3.05) is 0 Å². The highest BCUT2D eigenvalue weighted by Gasteiger charge is 2.08. The van der Waals surface area contributed by atoms with Gasteiger partial charge in [0.2, 0.25) is 0 Å². The van der Waals surface area contributed by atoms with E-state index in [4.69, 9.17) is 5.11 Å². The number of carbonyl (C=O) groups is 2. The zero-order chi connectivity index (χ0) is 9.56. The summed E-state index contributed by atoms with van der Waals surface area (Å²) in [5.41, 5.74) is 0. The molecule has 0 aliphatic heterocycles. The number of aliphatic hydroxyl groups is 1. The maximum atomic E-state index is 10.6. The number of ketones is 2. The van der Waals surface area contributed by atoms with Gasteiger partial charge in [0.1, 0.15) is 11.9 Å². The van der Waals surface area contributed by atoms with Crippen LogP contribution in [0.3, 0.4) is 0 Å². The fourth-order valence-corrected chi connectivity index (χ4v) is 0.915. The van der Waals surface area contributed by atoms with Gasteiger partial charge in [-0.1, -0.05) is 0 Å². The number of hydrogen-bond donors (Lipinski definition) is 1. The fraction of sp³-hybridized carbons (Fsp3) is 0.778. The monoisotopic (exact) mass is 172 g/mol. The number of hydrogen-bond acceptors (Lipinski definition) is 3. The lowest BCUT2D eigenvalue weighted by Crippen LogP contribution is -2.16. The maximum absolute atomic E-state index is 10.6. The summed E-state index contributed by atoms with van der Waals surface area (Å²) in [6.07, 6.45) is 1.68. The first-order valence-electron chi connectivity index (χ1n) is 4.22. The molecule has 3 nitrogen and oxygen atoms in total. The molecule has 0 spiro atoms. The van der Waals surface area contributed by atoms with Crippen molar-refractivity contribution in [3.8, 4) is 0 Å². The lowest BCUT2D eigenvalue weighted by atomic mass is 10.1. The molecule has 3 heteroatoms. The quantitative estimate of drug-likeness (QED) is 0.610. The number of aliphatic hydroxyl groups excluding tert-OH is 1. The van der Waals surface area contributed by atoms with Crippen LogP contribution in [0.25, 0.3) is 0 Å². The van der Waals surface area contributed by atoms with Crippen LogP contribution in [0.1, 0.15) is 39.5 Å². The van der Waals surface area contributed by atoms with Gasteiger partial charge < -0.3 is 9.90 Å². The molecular weight excluding hydrogens is 156 g/mol. The van der Waals surface area contributed by atoms with E-state index in [0.717, 1.165) is 12.8 Å². The van der Waals surface area contributed by atoms with Crippen LogP contribution in [-0.4, -0.2) is 22.8 Å². The van der Waals surface area contributed by atoms with Crippen molar-refractivity contribution in [3.63, 3.8) is 0 Å². The summed E-state index contributed by atoms with van der Waals surface area (Å²) in [4.78, 5) is 21.0. The first-order valence-corrected chi connectivity index (χ1v) is 4.22. The summed E-state index contributed by atoms with van der Waals surface area (Å²) in [6.45, 7) is 2.91. The largest absolute Gasteiger partial charge is 0.385 e. The normalized spacial score (nSPS) is 12.6. The van der Waals surface area contributed by atoms with E-state index < -0.39 is 6.10 Å². The molecule has 0 aliphatic carbocycles. The third kappa shape index (κ3) is 6.04. The standard InChI is InChI=1S/C9H16O3/c1-7(10)5-3-4-6-9(12)8(2)11/h9,12H,3-6H2,1-2H3. The second-order valence-electron chi connectivity index (χ2n) is 3.07. The smallest absolute Gasteiger partial charge is 0.158 e. The summed E-state index contributed by atoms with van der Waals surface area (Å²) >= 11 is 0. The van der Waals surface area contributed by atoms with Crippen molar-refractivity contribution in [1.29, 1.82) is 0 Å². The van der Waals surface area contributed by atoms with E-state index in [-0.39, 0.29) is 11.6 Å². The van der Waals surface area contributed by atoms with Crippen LogP contribution < -0.4 is 0 Å². The molecule has 0 amide bonds. The molecular formula is C9H16O3. The minimum Gasteiger partial charge on any atom is -0.385 e. The molecule has 1 unspecified atom stereocenters. The van der Waals surface area contributed by atoms with Crippen molar-refractivity contribution in [1.82, 2.24) is 0 Å². The van der Waals surface area contributed by atoms with Crippen molar-refractivity contribution in [2.24, 2.45) is 0 Å². The molecule has 0 aliphatic rings. The van der Waals surface area contributed by atoms with Gasteiger partial charge in [-0.25, -0.2) is 0 Å². The number of unbranched alkanes of at least 4 members (excludes halogenated alkanes) is 1. The Morgan fingerprint density at radius 2 is 1.83 bits per heavy atom. The SMILES string of the molecule is CC(=O)CCCCC(O)C(C)=O. The number of rotatable bonds is 6. The molecule has 0 radical (unpaired) electrons. The fourth-order valence-electron chi connectivity index (χ4n) is 0.915. The molecule has 0 bridgehead atoms. The predicted molar refractivity (Wildman–Crippen MR) is 45.8 cm³/mol. The van der Waals surface area contributed by atoms with Gasteiger partial charge in [-0.2, -0.15) is 0 Å². The van der Waals surface area contributed by atoms with Crippen LogP contribution in [0.5, 0.6) is 0 Å². The first kappa shape index (κ1) is 11.3. The average molecular weight is 172 g/mol.